The number of fused-ring (bicyclic) bond motifs is 1. The summed E-state index contributed by atoms with van der Waals surface area (Å²) in [6, 6.07) is 11.5. The topological polar surface area (TPSA) is 99.8 Å². The predicted octanol–water partition coefficient (Wildman–Crippen LogP) is 2.67. The molecule has 0 saturated heterocycles. The highest BCUT2D eigenvalue weighted by molar-refractivity contribution is 5.95. The zero-order valence-electron chi connectivity index (χ0n) is 16.4. The highest BCUT2D eigenvalue weighted by Gasteiger charge is 2.25. The van der Waals surface area contributed by atoms with Gasteiger partial charge in [-0.3, -0.25) is 9.59 Å². The molecule has 1 aliphatic carbocycles. The Morgan fingerprint density at radius 1 is 1.10 bits per heavy atom. The van der Waals surface area contributed by atoms with Crippen LogP contribution >= 0.6 is 0 Å². The minimum atomic E-state index is -0.167. The van der Waals surface area contributed by atoms with Gasteiger partial charge in [0, 0.05) is 23.2 Å². The average molecular weight is 391 g/mol. The van der Waals surface area contributed by atoms with E-state index >= 15 is 0 Å². The summed E-state index contributed by atoms with van der Waals surface area (Å²) in [6.45, 7) is 1.91. The van der Waals surface area contributed by atoms with Crippen LogP contribution in [0.3, 0.4) is 0 Å². The van der Waals surface area contributed by atoms with Gasteiger partial charge in [0.2, 0.25) is 5.91 Å². The second-order valence-corrected chi connectivity index (χ2v) is 7.64. The van der Waals surface area contributed by atoms with Crippen LogP contribution in [-0.2, 0) is 11.2 Å². The third-order valence-corrected chi connectivity index (χ3v) is 5.47. The van der Waals surface area contributed by atoms with Crippen LogP contribution in [0.25, 0.3) is 10.9 Å². The van der Waals surface area contributed by atoms with Gasteiger partial charge in [0.25, 0.3) is 5.91 Å². The molecule has 7 heteroatoms. The Bertz CT molecular complexity index is 1030. The molecule has 0 bridgehead atoms. The summed E-state index contributed by atoms with van der Waals surface area (Å²) in [5.41, 5.74) is 2.91. The van der Waals surface area contributed by atoms with E-state index in [2.05, 4.69) is 25.6 Å². The first kappa shape index (κ1) is 19.1. The molecule has 4 rings (SSSR count). The zero-order valence-corrected chi connectivity index (χ0v) is 16.4. The highest BCUT2D eigenvalue weighted by Crippen LogP contribution is 2.20. The quantitative estimate of drug-likeness (QED) is 0.622. The molecule has 2 heterocycles. The van der Waals surface area contributed by atoms with Gasteiger partial charge in [0.15, 0.2) is 0 Å². The van der Waals surface area contributed by atoms with Crippen LogP contribution in [0.15, 0.2) is 42.7 Å². The van der Waals surface area contributed by atoms with Gasteiger partial charge < -0.3 is 15.6 Å². The van der Waals surface area contributed by atoms with E-state index in [0.29, 0.717) is 5.69 Å². The fourth-order valence-electron chi connectivity index (χ4n) is 3.90. The minimum Gasteiger partial charge on any atom is -0.353 e. The number of aryl methyl sites for hydroxylation is 1. The van der Waals surface area contributed by atoms with E-state index in [4.69, 9.17) is 0 Å². The van der Waals surface area contributed by atoms with Crippen molar-refractivity contribution in [2.24, 2.45) is 0 Å². The summed E-state index contributed by atoms with van der Waals surface area (Å²) in [5, 5.41) is 7.19. The molecule has 7 nitrogen and oxygen atoms in total. The molecule has 2 amide bonds. The van der Waals surface area contributed by atoms with E-state index in [1.165, 1.54) is 0 Å². The first-order valence-electron chi connectivity index (χ1n) is 10.0. The molecule has 150 valence electrons. The first-order chi connectivity index (χ1) is 14.1. The van der Waals surface area contributed by atoms with Crippen molar-refractivity contribution in [1.82, 2.24) is 25.6 Å². The number of amides is 2. The third kappa shape index (κ3) is 4.62. The fourth-order valence-corrected chi connectivity index (χ4v) is 3.90. The summed E-state index contributed by atoms with van der Waals surface area (Å²) in [7, 11) is 0. The molecule has 2 aromatic heterocycles. The smallest absolute Gasteiger partial charge is 0.270 e. The summed E-state index contributed by atoms with van der Waals surface area (Å²) < 4.78 is 0. The summed E-state index contributed by atoms with van der Waals surface area (Å²) in [5.74, 6) is -0.201. The van der Waals surface area contributed by atoms with Crippen molar-refractivity contribution in [2.75, 3.05) is 0 Å². The number of aromatic nitrogens is 3. The number of hydrogen-bond acceptors (Lipinski definition) is 4. The van der Waals surface area contributed by atoms with Crippen molar-refractivity contribution >= 4 is 22.7 Å². The van der Waals surface area contributed by atoms with Crippen molar-refractivity contribution in [3.8, 4) is 0 Å². The summed E-state index contributed by atoms with van der Waals surface area (Å²) in [4.78, 5) is 36.6. The second-order valence-electron chi connectivity index (χ2n) is 7.64. The van der Waals surface area contributed by atoms with Crippen molar-refractivity contribution < 1.29 is 9.59 Å². The van der Waals surface area contributed by atoms with Gasteiger partial charge in [-0.05, 0) is 44.7 Å². The maximum Gasteiger partial charge on any atom is 0.270 e. The van der Waals surface area contributed by atoms with Gasteiger partial charge in [-0.15, -0.1) is 0 Å². The van der Waals surface area contributed by atoms with E-state index in [9.17, 15) is 9.59 Å². The Morgan fingerprint density at radius 2 is 1.90 bits per heavy atom. The third-order valence-electron chi connectivity index (χ3n) is 5.47. The maximum absolute atomic E-state index is 12.7. The number of carbonyl (C=O) groups excluding carboxylic acids is 2. The lowest BCUT2D eigenvalue weighted by molar-refractivity contribution is -0.121. The standard InChI is InChI=1S/C22H25N5O2/c1-14-20(24-13-23-14)12-21(28)25-16-6-4-7-17(11-16)26-22(29)19-10-9-15-5-2-3-8-18(15)27-19/h2-3,5,8-10,13,16-17H,4,6-7,11-12H2,1H3,(H,23,24)(H,25,28)(H,26,29)/t16-,17-/m1/s1. The summed E-state index contributed by atoms with van der Waals surface area (Å²) in [6.07, 6.45) is 5.39. The lowest BCUT2D eigenvalue weighted by Crippen LogP contribution is -2.46. The normalized spacial score (nSPS) is 19.1. The van der Waals surface area contributed by atoms with Gasteiger partial charge in [-0.1, -0.05) is 24.3 Å². The second kappa shape index (κ2) is 8.43. The molecular formula is C22H25N5O2. The maximum atomic E-state index is 12.7. The number of rotatable bonds is 5. The average Bonchev–Trinajstić information content (AvgIpc) is 3.12. The Morgan fingerprint density at radius 3 is 2.69 bits per heavy atom. The van der Waals surface area contributed by atoms with Crippen LogP contribution in [0.2, 0.25) is 0 Å². The zero-order chi connectivity index (χ0) is 20.2. The molecule has 2 atom stereocenters. The molecule has 0 aliphatic heterocycles. The number of imidazole rings is 1. The van der Waals surface area contributed by atoms with Gasteiger partial charge in [0.1, 0.15) is 5.69 Å². The SMILES string of the molecule is Cc1[nH]cnc1CC(=O)N[C@@H]1CCC[C@@H](NC(=O)c2ccc3ccccc3n2)C1. The monoisotopic (exact) mass is 391 g/mol. The van der Waals surface area contributed by atoms with Gasteiger partial charge in [-0.2, -0.15) is 0 Å². The van der Waals surface area contributed by atoms with E-state index in [1.54, 1.807) is 12.4 Å². The number of nitrogens with one attached hydrogen (secondary N) is 3. The molecule has 1 aromatic carbocycles. The fraction of sp³-hybridized carbons (Fsp3) is 0.364. The lowest BCUT2D eigenvalue weighted by atomic mass is 9.90. The molecule has 1 saturated carbocycles. The van der Waals surface area contributed by atoms with E-state index in [1.807, 2.05) is 37.3 Å². The number of H-pyrrole nitrogens is 1. The van der Waals surface area contributed by atoms with Crippen LogP contribution in [0.4, 0.5) is 0 Å². The summed E-state index contributed by atoms with van der Waals surface area (Å²) >= 11 is 0. The Hall–Kier alpha value is -3.22. The highest BCUT2D eigenvalue weighted by atomic mass is 16.2. The number of nitrogens with zero attached hydrogens (tertiary/aromatic N) is 2. The van der Waals surface area contributed by atoms with Crippen LogP contribution in [0.5, 0.6) is 0 Å². The number of hydrogen-bond donors (Lipinski definition) is 3. The molecule has 0 spiro atoms. The van der Waals surface area contributed by atoms with Gasteiger partial charge in [-0.25, -0.2) is 9.97 Å². The van der Waals surface area contributed by atoms with Crippen LogP contribution in [0, 0.1) is 6.92 Å². The van der Waals surface area contributed by atoms with Gasteiger partial charge in [0.05, 0.1) is 24.0 Å². The number of para-hydroxylation sites is 1. The molecule has 0 unspecified atom stereocenters. The Balaban J connectivity index is 1.33. The molecule has 0 radical (unpaired) electrons. The minimum absolute atomic E-state index is 0.0296. The molecule has 3 aromatic rings. The molecule has 29 heavy (non-hydrogen) atoms. The molecule has 3 N–H and O–H groups in total. The van der Waals surface area contributed by atoms with Crippen molar-refractivity contribution in [2.45, 2.75) is 51.1 Å². The Kier molecular flexibility index (Phi) is 5.55. The van der Waals surface area contributed by atoms with E-state index < -0.39 is 0 Å². The number of pyridine rings is 1. The predicted molar refractivity (Wildman–Crippen MR) is 110 cm³/mol. The van der Waals surface area contributed by atoms with E-state index in [-0.39, 0.29) is 30.3 Å². The number of benzene rings is 1. The van der Waals surface area contributed by atoms with Crippen molar-refractivity contribution in [3.63, 3.8) is 0 Å². The van der Waals surface area contributed by atoms with Crippen LogP contribution < -0.4 is 10.6 Å². The largest absolute Gasteiger partial charge is 0.353 e. The number of aromatic amines is 1. The lowest BCUT2D eigenvalue weighted by Gasteiger charge is -2.30. The van der Waals surface area contributed by atoms with Gasteiger partial charge >= 0.3 is 0 Å². The number of carbonyl (C=O) groups is 2. The van der Waals surface area contributed by atoms with Crippen LogP contribution in [0.1, 0.15) is 47.6 Å². The first-order valence-corrected chi connectivity index (χ1v) is 10.0. The van der Waals surface area contributed by atoms with E-state index in [0.717, 1.165) is 48.0 Å². The van der Waals surface area contributed by atoms with Crippen molar-refractivity contribution in [1.29, 1.82) is 0 Å². The van der Waals surface area contributed by atoms with Crippen molar-refractivity contribution in [3.05, 3.63) is 59.8 Å². The Labute approximate surface area is 169 Å². The van der Waals surface area contributed by atoms with Crippen LogP contribution in [-0.4, -0.2) is 38.8 Å². The molecule has 1 aliphatic rings. The molecular weight excluding hydrogens is 366 g/mol. The molecule has 1 fully saturated rings.